The predicted octanol–water partition coefficient (Wildman–Crippen LogP) is 8.17. The van der Waals surface area contributed by atoms with Crippen LogP contribution in [0.2, 0.25) is 0 Å². The van der Waals surface area contributed by atoms with Crippen molar-refractivity contribution in [2.45, 2.75) is 64.1 Å². The molecule has 6 aromatic heterocycles. The number of thiazole rings is 2. The lowest BCUT2D eigenvalue weighted by Crippen LogP contribution is -2.46. The Balaban J connectivity index is 0.000000159. The molecule has 0 atom stereocenters. The Morgan fingerprint density at radius 3 is 1.87 bits per heavy atom. The number of hydrogen-bond acceptors (Lipinski definition) is 16. The monoisotopic (exact) mass is 888 g/mol. The highest BCUT2D eigenvalue weighted by molar-refractivity contribution is 7.20. The molecule has 0 aliphatic carbocycles. The maximum atomic E-state index is 12.7. The fourth-order valence-corrected chi connectivity index (χ4v) is 9.43. The van der Waals surface area contributed by atoms with Crippen LogP contribution < -0.4 is 31.9 Å². The molecule has 19 heteroatoms. The van der Waals surface area contributed by atoms with Crippen LogP contribution in [0.1, 0.15) is 67.4 Å². The number of rotatable bonds is 8. The number of carboxylic acid groups (broad SMARTS) is 1. The molecule has 2 amide bonds. The summed E-state index contributed by atoms with van der Waals surface area (Å²) >= 11 is 6.00. The van der Waals surface area contributed by atoms with E-state index in [1.54, 1.807) is 45.8 Å². The Hall–Kier alpha value is -5.47. The first-order valence-corrected chi connectivity index (χ1v) is 22.8. The van der Waals surface area contributed by atoms with Crippen LogP contribution in [0.5, 0.6) is 0 Å². The van der Waals surface area contributed by atoms with E-state index >= 15 is 0 Å². The number of carbonyl (C=O) groups is 3. The number of carboxylic acids is 1. The van der Waals surface area contributed by atoms with Crippen molar-refractivity contribution in [3.05, 3.63) is 93.8 Å². The van der Waals surface area contributed by atoms with E-state index in [1.807, 2.05) is 80.1 Å². The average Bonchev–Trinajstić information content (AvgIpc) is 4.07. The molecule has 15 nitrogen and oxygen atoms in total. The van der Waals surface area contributed by atoms with Crippen LogP contribution in [-0.2, 0) is 4.74 Å². The van der Waals surface area contributed by atoms with Gasteiger partial charge in [0.1, 0.15) is 21.3 Å². The van der Waals surface area contributed by atoms with Crippen LogP contribution in [-0.4, -0.2) is 86.9 Å². The molecule has 0 unspecified atom stereocenters. The third kappa shape index (κ3) is 12.5. The number of hydrogen-bond donors (Lipinski definition) is 5. The molecule has 0 aromatic carbocycles. The van der Waals surface area contributed by atoms with Crippen molar-refractivity contribution in [2.75, 3.05) is 47.0 Å². The van der Waals surface area contributed by atoms with Crippen molar-refractivity contribution in [3.8, 4) is 19.8 Å². The first-order valence-electron chi connectivity index (χ1n) is 19.3. The number of nitrogens with zero attached hydrogens (tertiary/aromatic N) is 6. The van der Waals surface area contributed by atoms with Gasteiger partial charge < -0.3 is 41.7 Å². The summed E-state index contributed by atoms with van der Waals surface area (Å²) < 4.78 is 5.28. The Morgan fingerprint density at radius 2 is 1.32 bits per heavy atom. The van der Waals surface area contributed by atoms with Crippen molar-refractivity contribution in [1.29, 1.82) is 0 Å². The van der Waals surface area contributed by atoms with E-state index in [0.717, 1.165) is 83.3 Å². The summed E-state index contributed by atoms with van der Waals surface area (Å²) in [5, 5.41) is 23.5. The van der Waals surface area contributed by atoms with Gasteiger partial charge in [0.2, 0.25) is 0 Å². The number of aromatic nitrogens is 4. The number of thiophene rings is 2. The lowest BCUT2D eigenvalue weighted by molar-refractivity contribution is 0.0496. The van der Waals surface area contributed by atoms with Gasteiger partial charge in [-0.1, -0.05) is 12.1 Å². The van der Waals surface area contributed by atoms with E-state index < -0.39 is 11.6 Å². The van der Waals surface area contributed by atoms with Crippen molar-refractivity contribution >= 4 is 86.3 Å². The van der Waals surface area contributed by atoms with Crippen LogP contribution in [0.3, 0.4) is 0 Å². The second-order valence-corrected chi connectivity index (χ2v) is 18.4. The number of piperidine rings is 2. The summed E-state index contributed by atoms with van der Waals surface area (Å²) in [5.74, 6) is 0.431. The van der Waals surface area contributed by atoms with E-state index in [0.29, 0.717) is 17.1 Å². The van der Waals surface area contributed by atoms with Crippen LogP contribution in [0.4, 0.5) is 27.8 Å². The fourth-order valence-electron chi connectivity index (χ4n) is 6.20. The summed E-state index contributed by atoms with van der Waals surface area (Å²) in [7, 11) is 0. The highest BCUT2D eigenvalue weighted by Crippen LogP contribution is 2.30. The van der Waals surface area contributed by atoms with Gasteiger partial charge in [-0.05, 0) is 93.6 Å². The minimum Gasteiger partial charge on any atom is -0.476 e. The average molecular weight is 889 g/mol. The van der Waals surface area contributed by atoms with Gasteiger partial charge in [-0.2, -0.15) is 0 Å². The quantitative estimate of drug-likeness (QED) is 0.0976. The lowest BCUT2D eigenvalue weighted by Gasteiger charge is -2.34. The second-order valence-electron chi connectivity index (χ2n) is 14.8. The van der Waals surface area contributed by atoms with Crippen molar-refractivity contribution in [3.63, 3.8) is 0 Å². The molecule has 2 aliphatic heterocycles. The lowest BCUT2D eigenvalue weighted by atomic mass is 10.1. The molecule has 0 spiro atoms. The summed E-state index contributed by atoms with van der Waals surface area (Å²) in [5.41, 5.74) is 13.4. The van der Waals surface area contributed by atoms with Gasteiger partial charge in [0, 0.05) is 61.4 Å². The summed E-state index contributed by atoms with van der Waals surface area (Å²) in [6.07, 6.45) is 6.72. The summed E-state index contributed by atoms with van der Waals surface area (Å²) in [6, 6.07) is 15.6. The maximum absolute atomic E-state index is 12.7. The van der Waals surface area contributed by atoms with Gasteiger partial charge in [0.15, 0.2) is 17.3 Å². The number of nitrogens with two attached hydrogens (primary N) is 2. The Labute approximate surface area is 364 Å². The minimum atomic E-state index is -0.973. The number of alkyl carbamates (subject to hydrolysis) is 1. The predicted molar refractivity (Wildman–Crippen MR) is 243 cm³/mol. The number of amides is 2. The molecule has 0 bridgehead atoms. The highest BCUT2D eigenvalue weighted by Gasteiger charge is 2.25. The Kier molecular flexibility index (Phi) is 15.2. The number of aromatic carboxylic acids is 1. The Bertz CT molecular complexity index is 2290. The van der Waals surface area contributed by atoms with Crippen LogP contribution in [0.25, 0.3) is 19.8 Å². The molecule has 8 heterocycles. The smallest absolute Gasteiger partial charge is 0.407 e. The van der Waals surface area contributed by atoms with E-state index in [9.17, 15) is 14.4 Å². The first-order chi connectivity index (χ1) is 28.8. The SMILES string of the molecule is CC(C)(C)OC(=O)NC1CCN(c2ncccc2N)CC1.NC1CCN(c2ncccc2NC(=O)c2csc(-c3cccs3)n2)CC1.O=C(O)c1csc(-c2cccs2)n1. The number of nitrogen functional groups attached to an aromatic ring is 1. The first kappa shape index (κ1) is 44.1. The van der Waals surface area contributed by atoms with Crippen LogP contribution >= 0.6 is 45.3 Å². The minimum absolute atomic E-state index is 0.119. The normalized spacial score (nSPS) is 14.6. The molecule has 0 saturated carbocycles. The van der Waals surface area contributed by atoms with Gasteiger partial charge in [-0.15, -0.1) is 45.3 Å². The zero-order chi connectivity index (χ0) is 42.6. The topological polar surface area (TPSA) is 215 Å². The third-order valence-corrected chi connectivity index (χ3v) is 12.9. The number of anilines is 4. The standard InChI is InChI=1S/C18H19N5OS2.C15H24N4O2.C8H5NO2S2/c19-12-5-8-23(9-6-12)16-13(3-1-7-20-16)21-17(24)14-11-26-18(22-14)15-4-2-10-25-15;1-15(2,3)21-14(20)18-11-6-9-19(10-7-11)13-12(16)5-4-8-17-13;10-8(11)5-4-13-7(9-5)6-2-1-3-12-6/h1-4,7,10-12H,5-6,8-9,19H2,(H,21,24);4-5,8,11H,6-7,9-10,16H2,1-3H3,(H,18,20);1-4H,(H,10,11). The molecular weight excluding hydrogens is 841 g/mol. The number of nitrogens with one attached hydrogen (secondary N) is 2. The van der Waals surface area contributed by atoms with E-state index in [-0.39, 0.29) is 29.8 Å². The molecular formula is C41H48N10O5S4. The Morgan fingerprint density at radius 1 is 0.767 bits per heavy atom. The molecule has 2 aliphatic rings. The molecule has 2 fully saturated rings. The van der Waals surface area contributed by atoms with Gasteiger partial charge in [0.05, 0.1) is 21.1 Å². The van der Waals surface area contributed by atoms with Crippen molar-refractivity contribution in [2.24, 2.45) is 5.73 Å². The maximum Gasteiger partial charge on any atom is 0.407 e. The van der Waals surface area contributed by atoms with Gasteiger partial charge in [0.25, 0.3) is 5.91 Å². The third-order valence-electron chi connectivity index (χ3n) is 9.13. The molecule has 60 heavy (non-hydrogen) atoms. The molecule has 316 valence electrons. The largest absolute Gasteiger partial charge is 0.476 e. The van der Waals surface area contributed by atoms with Crippen molar-refractivity contribution < 1.29 is 24.2 Å². The molecule has 2 saturated heterocycles. The van der Waals surface area contributed by atoms with Crippen LogP contribution in [0, 0.1) is 0 Å². The summed E-state index contributed by atoms with van der Waals surface area (Å²) in [4.78, 5) is 58.6. The molecule has 6 aromatic rings. The molecule has 7 N–H and O–H groups in total. The second kappa shape index (κ2) is 20.7. The van der Waals surface area contributed by atoms with Gasteiger partial charge in [-0.3, -0.25) is 4.79 Å². The zero-order valence-corrected chi connectivity index (χ0v) is 36.7. The number of pyridine rings is 2. The van der Waals surface area contributed by atoms with E-state index in [4.69, 9.17) is 21.3 Å². The van der Waals surface area contributed by atoms with Crippen molar-refractivity contribution in [1.82, 2.24) is 25.3 Å². The van der Waals surface area contributed by atoms with Gasteiger partial charge in [-0.25, -0.2) is 29.5 Å². The molecule has 0 radical (unpaired) electrons. The van der Waals surface area contributed by atoms with Crippen LogP contribution in [0.15, 0.2) is 82.4 Å². The zero-order valence-electron chi connectivity index (χ0n) is 33.4. The number of ether oxygens (including phenoxy) is 1. The highest BCUT2D eigenvalue weighted by atomic mass is 32.1. The van der Waals surface area contributed by atoms with E-state index in [2.05, 4.69) is 40.4 Å². The fraction of sp³-hybridized carbons (Fsp3) is 0.341. The number of carbonyl (C=O) groups excluding carboxylic acids is 2. The molecule has 8 rings (SSSR count). The van der Waals surface area contributed by atoms with Gasteiger partial charge >= 0.3 is 12.1 Å². The van der Waals surface area contributed by atoms with E-state index in [1.165, 1.54) is 22.7 Å². The summed E-state index contributed by atoms with van der Waals surface area (Å²) in [6.45, 7) is 8.92.